The summed E-state index contributed by atoms with van der Waals surface area (Å²) in [6.07, 6.45) is -4.78. The molecule has 4 aromatic rings. The van der Waals surface area contributed by atoms with Crippen molar-refractivity contribution in [3.63, 3.8) is 0 Å². The molecule has 0 spiro atoms. The van der Waals surface area contributed by atoms with Gasteiger partial charge in [-0.05, 0) is 24.3 Å². The average molecular weight is 439 g/mol. The van der Waals surface area contributed by atoms with Crippen LogP contribution in [0.15, 0.2) is 72.8 Å². The van der Waals surface area contributed by atoms with Gasteiger partial charge in [0.05, 0.1) is 12.7 Å². The standard InChI is InChI=1S/C23H16F3N3O3/c1-31-22(30)15-11-9-14(10-12-15)20-18-7-2-3-8-19(18)21(29-28-20)27-16-5-4-6-17(13-16)32-23(24,25)26/h2-13H,1H3,(H,27,29). The largest absolute Gasteiger partial charge is 0.573 e. The molecule has 0 atom stereocenters. The molecule has 32 heavy (non-hydrogen) atoms. The first-order valence-electron chi connectivity index (χ1n) is 9.41. The van der Waals surface area contributed by atoms with E-state index in [1.54, 1.807) is 30.3 Å². The minimum atomic E-state index is -4.78. The number of halogens is 3. The molecule has 0 amide bonds. The van der Waals surface area contributed by atoms with Gasteiger partial charge < -0.3 is 14.8 Å². The number of nitrogens with zero attached hydrogens (tertiary/aromatic N) is 2. The van der Waals surface area contributed by atoms with Crippen LogP contribution in [0.25, 0.3) is 22.0 Å². The van der Waals surface area contributed by atoms with Crippen molar-refractivity contribution in [2.75, 3.05) is 12.4 Å². The molecular weight excluding hydrogens is 423 g/mol. The van der Waals surface area contributed by atoms with Gasteiger partial charge >= 0.3 is 12.3 Å². The topological polar surface area (TPSA) is 73.3 Å². The number of alkyl halides is 3. The predicted molar refractivity (Wildman–Crippen MR) is 113 cm³/mol. The maximum absolute atomic E-state index is 12.5. The third kappa shape index (κ3) is 4.61. The van der Waals surface area contributed by atoms with E-state index in [1.165, 1.54) is 25.3 Å². The lowest BCUT2D eigenvalue weighted by molar-refractivity contribution is -0.274. The number of rotatable bonds is 5. The van der Waals surface area contributed by atoms with E-state index in [0.717, 1.165) is 16.3 Å². The Morgan fingerprint density at radius 1 is 0.906 bits per heavy atom. The SMILES string of the molecule is COC(=O)c1ccc(-c2nnc(Nc3cccc(OC(F)(F)F)c3)c3ccccc23)cc1. The number of hydrogen-bond acceptors (Lipinski definition) is 6. The average Bonchev–Trinajstić information content (AvgIpc) is 2.78. The number of ether oxygens (including phenoxy) is 2. The number of carbonyl (C=O) groups excluding carboxylic acids is 1. The summed E-state index contributed by atoms with van der Waals surface area (Å²) in [6, 6.07) is 19.6. The first-order valence-corrected chi connectivity index (χ1v) is 9.41. The van der Waals surface area contributed by atoms with E-state index >= 15 is 0 Å². The molecule has 9 heteroatoms. The van der Waals surface area contributed by atoms with Crippen molar-refractivity contribution in [3.8, 4) is 17.0 Å². The van der Waals surface area contributed by atoms with Gasteiger partial charge in [-0.1, -0.05) is 42.5 Å². The lowest BCUT2D eigenvalue weighted by atomic mass is 10.0. The summed E-state index contributed by atoms with van der Waals surface area (Å²) in [5.41, 5.74) is 2.11. The summed E-state index contributed by atoms with van der Waals surface area (Å²) in [5.74, 6) is -0.412. The summed E-state index contributed by atoms with van der Waals surface area (Å²) in [6.45, 7) is 0. The molecule has 0 aliphatic heterocycles. The molecule has 0 bridgehead atoms. The van der Waals surface area contributed by atoms with Crippen LogP contribution >= 0.6 is 0 Å². The highest BCUT2D eigenvalue weighted by Gasteiger charge is 2.31. The van der Waals surface area contributed by atoms with Gasteiger partial charge in [0.15, 0.2) is 5.82 Å². The maximum atomic E-state index is 12.5. The minimum absolute atomic E-state index is 0.345. The van der Waals surface area contributed by atoms with Gasteiger partial charge in [-0.2, -0.15) is 0 Å². The number of nitrogens with one attached hydrogen (secondary N) is 1. The van der Waals surface area contributed by atoms with Gasteiger partial charge in [0.1, 0.15) is 11.4 Å². The highest BCUT2D eigenvalue weighted by Crippen LogP contribution is 2.32. The molecule has 0 fully saturated rings. The van der Waals surface area contributed by atoms with E-state index in [9.17, 15) is 18.0 Å². The van der Waals surface area contributed by atoms with Gasteiger partial charge in [-0.3, -0.25) is 0 Å². The van der Waals surface area contributed by atoms with Gasteiger partial charge in [-0.25, -0.2) is 4.79 Å². The van der Waals surface area contributed by atoms with E-state index in [0.29, 0.717) is 22.8 Å². The predicted octanol–water partition coefficient (Wildman–Crippen LogP) is 5.73. The zero-order chi connectivity index (χ0) is 22.7. The lowest BCUT2D eigenvalue weighted by Crippen LogP contribution is -2.17. The fraction of sp³-hybridized carbons (Fsp3) is 0.0870. The zero-order valence-electron chi connectivity index (χ0n) is 16.7. The Labute approximate surface area is 180 Å². The Morgan fingerprint density at radius 2 is 1.62 bits per heavy atom. The van der Waals surface area contributed by atoms with Crippen LogP contribution in [0.5, 0.6) is 5.75 Å². The second-order valence-electron chi connectivity index (χ2n) is 6.71. The molecule has 0 aliphatic carbocycles. The highest BCUT2D eigenvalue weighted by atomic mass is 19.4. The molecule has 1 N–H and O–H groups in total. The Morgan fingerprint density at radius 3 is 2.31 bits per heavy atom. The number of carbonyl (C=O) groups is 1. The van der Waals surface area contributed by atoms with Crippen LogP contribution < -0.4 is 10.1 Å². The van der Waals surface area contributed by atoms with Crippen LogP contribution in [-0.2, 0) is 4.74 Å². The lowest BCUT2D eigenvalue weighted by Gasteiger charge is -2.13. The Balaban J connectivity index is 1.69. The monoisotopic (exact) mass is 439 g/mol. The molecule has 4 rings (SSSR count). The quantitative estimate of drug-likeness (QED) is 0.401. The second-order valence-corrected chi connectivity index (χ2v) is 6.71. The molecule has 0 radical (unpaired) electrons. The van der Waals surface area contributed by atoms with Crippen LogP contribution in [-0.4, -0.2) is 29.6 Å². The van der Waals surface area contributed by atoms with Gasteiger partial charge in [0, 0.05) is 28.1 Å². The Bertz CT molecular complexity index is 1270. The third-order valence-electron chi connectivity index (χ3n) is 4.60. The Hall–Kier alpha value is -4.14. The summed E-state index contributed by atoms with van der Waals surface area (Å²) in [5, 5.41) is 13.0. The van der Waals surface area contributed by atoms with Gasteiger partial charge in [-0.15, -0.1) is 23.4 Å². The van der Waals surface area contributed by atoms with Crippen molar-refractivity contribution in [1.82, 2.24) is 10.2 Å². The molecule has 0 saturated carbocycles. The molecule has 1 heterocycles. The number of esters is 1. The summed E-state index contributed by atoms with van der Waals surface area (Å²) in [4.78, 5) is 11.7. The number of methoxy groups -OCH3 is 1. The van der Waals surface area contributed by atoms with E-state index in [4.69, 9.17) is 4.74 Å². The Kier molecular flexibility index (Phi) is 5.63. The van der Waals surface area contributed by atoms with Crippen molar-refractivity contribution in [3.05, 3.63) is 78.4 Å². The number of fused-ring (bicyclic) bond motifs is 1. The molecule has 0 saturated heterocycles. The van der Waals surface area contributed by atoms with E-state index in [-0.39, 0.29) is 5.75 Å². The fourth-order valence-electron chi connectivity index (χ4n) is 3.20. The maximum Gasteiger partial charge on any atom is 0.573 e. The smallest absolute Gasteiger partial charge is 0.465 e. The molecule has 1 aromatic heterocycles. The van der Waals surface area contributed by atoms with E-state index in [1.807, 2.05) is 24.3 Å². The van der Waals surface area contributed by atoms with Crippen molar-refractivity contribution < 1.29 is 27.4 Å². The fourth-order valence-corrected chi connectivity index (χ4v) is 3.20. The molecule has 0 unspecified atom stereocenters. The van der Waals surface area contributed by atoms with Crippen molar-refractivity contribution in [2.24, 2.45) is 0 Å². The van der Waals surface area contributed by atoms with Crippen molar-refractivity contribution in [1.29, 1.82) is 0 Å². The van der Waals surface area contributed by atoms with Crippen molar-refractivity contribution >= 4 is 28.2 Å². The number of anilines is 2. The molecular formula is C23H16F3N3O3. The molecule has 3 aromatic carbocycles. The first-order chi connectivity index (χ1) is 15.3. The van der Waals surface area contributed by atoms with Crippen LogP contribution in [0.3, 0.4) is 0 Å². The molecule has 6 nitrogen and oxygen atoms in total. The second kappa shape index (κ2) is 8.54. The van der Waals surface area contributed by atoms with Crippen LogP contribution in [0.4, 0.5) is 24.7 Å². The van der Waals surface area contributed by atoms with E-state index in [2.05, 4.69) is 20.3 Å². The zero-order valence-corrected chi connectivity index (χ0v) is 16.7. The van der Waals surface area contributed by atoms with Crippen molar-refractivity contribution in [2.45, 2.75) is 6.36 Å². The first kappa shape index (κ1) is 21.1. The van der Waals surface area contributed by atoms with Crippen LogP contribution in [0.1, 0.15) is 10.4 Å². The third-order valence-corrected chi connectivity index (χ3v) is 4.60. The normalized spacial score (nSPS) is 11.2. The summed E-state index contributed by atoms with van der Waals surface area (Å²) >= 11 is 0. The molecule has 0 aliphatic rings. The van der Waals surface area contributed by atoms with Crippen LogP contribution in [0.2, 0.25) is 0 Å². The van der Waals surface area contributed by atoms with Gasteiger partial charge in [0.25, 0.3) is 0 Å². The number of aromatic nitrogens is 2. The van der Waals surface area contributed by atoms with Crippen LogP contribution in [0, 0.1) is 0 Å². The highest BCUT2D eigenvalue weighted by molar-refractivity contribution is 6.01. The minimum Gasteiger partial charge on any atom is -0.465 e. The van der Waals surface area contributed by atoms with Gasteiger partial charge in [0.2, 0.25) is 0 Å². The molecule has 162 valence electrons. The number of benzene rings is 3. The van der Waals surface area contributed by atoms with E-state index < -0.39 is 12.3 Å². The summed E-state index contributed by atoms with van der Waals surface area (Å²) < 4.78 is 46.2. The number of hydrogen-bond donors (Lipinski definition) is 1. The summed E-state index contributed by atoms with van der Waals surface area (Å²) in [7, 11) is 1.31.